The number of benzene rings is 2. The fourth-order valence-electron chi connectivity index (χ4n) is 3.58. The van der Waals surface area contributed by atoms with Gasteiger partial charge < -0.3 is 19.4 Å². The third-order valence-corrected chi connectivity index (χ3v) is 5.39. The molecule has 1 aromatic heterocycles. The molecule has 1 amide bonds. The van der Waals surface area contributed by atoms with Crippen LogP contribution in [-0.4, -0.2) is 44.1 Å². The molecule has 0 atom stereocenters. The lowest BCUT2D eigenvalue weighted by Crippen LogP contribution is -2.46. The van der Waals surface area contributed by atoms with Gasteiger partial charge in [0.05, 0.1) is 19.3 Å². The topological polar surface area (TPSA) is 58.0 Å². The normalized spacial score (nSPS) is 14.5. The lowest BCUT2D eigenvalue weighted by Gasteiger charge is -2.36. The Morgan fingerprint density at radius 3 is 2.57 bits per heavy atom. The predicted molar refractivity (Wildman–Crippen MR) is 119 cm³/mol. The van der Waals surface area contributed by atoms with Gasteiger partial charge in [0.1, 0.15) is 11.5 Å². The van der Waals surface area contributed by atoms with Gasteiger partial charge in [-0.15, -0.1) is 0 Å². The van der Waals surface area contributed by atoms with Crippen LogP contribution in [-0.2, 0) is 6.54 Å². The van der Waals surface area contributed by atoms with Gasteiger partial charge in [-0.25, -0.2) is 0 Å². The first kappa shape index (κ1) is 20.3. The second kappa shape index (κ2) is 9.24. The Hall–Kier alpha value is -2.96. The summed E-state index contributed by atoms with van der Waals surface area (Å²) < 4.78 is 11.3. The Balaban J connectivity index is 1.33. The summed E-state index contributed by atoms with van der Waals surface area (Å²) in [5, 5.41) is 3.54. The molecular formula is C23H24ClN3O3. The van der Waals surface area contributed by atoms with Crippen molar-refractivity contribution in [2.24, 2.45) is 0 Å². The monoisotopic (exact) mass is 425 g/mol. The molecule has 0 radical (unpaired) electrons. The maximum atomic E-state index is 12.4. The molecule has 1 saturated heterocycles. The predicted octanol–water partition coefficient (Wildman–Crippen LogP) is 4.52. The van der Waals surface area contributed by atoms with Crippen molar-refractivity contribution in [3.05, 3.63) is 77.2 Å². The molecule has 4 rings (SSSR count). The second-order valence-corrected chi connectivity index (χ2v) is 7.60. The van der Waals surface area contributed by atoms with E-state index in [1.54, 1.807) is 13.2 Å². The Bertz CT molecular complexity index is 998. The molecule has 0 spiro atoms. The number of halogens is 1. The average Bonchev–Trinajstić information content (AvgIpc) is 3.24. The smallest absolute Gasteiger partial charge is 0.291 e. The molecule has 2 aromatic carbocycles. The number of para-hydroxylation sites is 1. The van der Waals surface area contributed by atoms with Gasteiger partial charge in [0.2, 0.25) is 0 Å². The molecule has 1 aliphatic rings. The van der Waals surface area contributed by atoms with Crippen LogP contribution in [0.5, 0.6) is 5.75 Å². The fraction of sp³-hybridized carbons (Fsp3) is 0.261. The van der Waals surface area contributed by atoms with E-state index in [1.165, 1.54) is 0 Å². The maximum absolute atomic E-state index is 12.4. The molecule has 1 fully saturated rings. The first-order valence-electron chi connectivity index (χ1n) is 9.88. The zero-order valence-electron chi connectivity index (χ0n) is 16.8. The van der Waals surface area contributed by atoms with Gasteiger partial charge in [0.25, 0.3) is 5.91 Å². The molecule has 1 aliphatic heterocycles. The maximum Gasteiger partial charge on any atom is 0.291 e. The molecule has 0 aliphatic carbocycles. The molecule has 30 heavy (non-hydrogen) atoms. The largest absolute Gasteiger partial charge is 0.495 e. The van der Waals surface area contributed by atoms with Gasteiger partial charge >= 0.3 is 0 Å². The van der Waals surface area contributed by atoms with Crippen LogP contribution in [0.25, 0.3) is 0 Å². The summed E-state index contributed by atoms with van der Waals surface area (Å²) >= 11 is 6.17. The molecule has 1 N–H and O–H groups in total. The van der Waals surface area contributed by atoms with Gasteiger partial charge in [-0.3, -0.25) is 9.69 Å². The summed E-state index contributed by atoms with van der Waals surface area (Å²) in [6.07, 6.45) is 0. The van der Waals surface area contributed by atoms with Crippen molar-refractivity contribution in [3.8, 4) is 5.75 Å². The molecular weight excluding hydrogens is 402 g/mol. The Morgan fingerprint density at radius 2 is 1.83 bits per heavy atom. The van der Waals surface area contributed by atoms with E-state index in [2.05, 4.69) is 15.1 Å². The fourth-order valence-corrected chi connectivity index (χ4v) is 3.74. The number of nitrogens with zero attached hydrogens (tertiary/aromatic N) is 2. The van der Waals surface area contributed by atoms with E-state index >= 15 is 0 Å². The Morgan fingerprint density at radius 1 is 1.07 bits per heavy atom. The SMILES string of the molecule is COc1ccc(Cl)cc1N1CCN(Cc2ccc(C(=O)Nc3ccccc3)o2)CC1. The van der Waals surface area contributed by atoms with Crippen molar-refractivity contribution in [1.82, 2.24) is 4.90 Å². The number of carbonyl (C=O) groups excluding carboxylic acids is 1. The van der Waals surface area contributed by atoms with Gasteiger partial charge in [0, 0.05) is 36.9 Å². The van der Waals surface area contributed by atoms with E-state index in [0.29, 0.717) is 17.3 Å². The molecule has 156 valence electrons. The summed E-state index contributed by atoms with van der Waals surface area (Å²) in [7, 11) is 1.67. The lowest BCUT2D eigenvalue weighted by atomic mass is 10.2. The van der Waals surface area contributed by atoms with E-state index in [9.17, 15) is 4.79 Å². The Kier molecular flexibility index (Phi) is 6.26. The van der Waals surface area contributed by atoms with E-state index in [-0.39, 0.29) is 5.91 Å². The standard InChI is InChI=1S/C23H24ClN3O3/c1-29-21-9-7-17(24)15-20(21)27-13-11-26(12-14-27)16-19-8-10-22(30-19)23(28)25-18-5-3-2-4-6-18/h2-10,15H,11-14,16H2,1H3,(H,25,28). The molecule has 6 nitrogen and oxygen atoms in total. The van der Waals surface area contributed by atoms with Gasteiger partial charge in [-0.1, -0.05) is 29.8 Å². The van der Waals surface area contributed by atoms with E-state index in [4.69, 9.17) is 20.8 Å². The first-order chi connectivity index (χ1) is 14.6. The highest BCUT2D eigenvalue weighted by molar-refractivity contribution is 6.30. The van der Waals surface area contributed by atoms with E-state index < -0.39 is 0 Å². The van der Waals surface area contributed by atoms with Crippen molar-refractivity contribution < 1.29 is 13.9 Å². The van der Waals surface area contributed by atoms with Gasteiger partial charge in [0.15, 0.2) is 5.76 Å². The van der Waals surface area contributed by atoms with Crippen LogP contribution in [0.15, 0.2) is 65.1 Å². The third-order valence-electron chi connectivity index (χ3n) is 5.15. The minimum atomic E-state index is -0.245. The van der Waals surface area contributed by atoms with Crippen molar-refractivity contribution in [1.29, 1.82) is 0 Å². The molecule has 2 heterocycles. The molecule has 3 aromatic rings. The minimum Gasteiger partial charge on any atom is -0.495 e. The average molecular weight is 426 g/mol. The Labute approximate surface area is 181 Å². The number of hydrogen-bond acceptors (Lipinski definition) is 5. The number of hydrogen-bond donors (Lipinski definition) is 1. The highest BCUT2D eigenvalue weighted by atomic mass is 35.5. The zero-order chi connectivity index (χ0) is 20.9. The number of methoxy groups -OCH3 is 1. The number of anilines is 2. The zero-order valence-corrected chi connectivity index (χ0v) is 17.6. The highest BCUT2D eigenvalue weighted by Crippen LogP contribution is 2.32. The van der Waals surface area contributed by atoms with Crippen LogP contribution in [0.2, 0.25) is 5.02 Å². The van der Waals surface area contributed by atoms with E-state index in [0.717, 1.165) is 49.1 Å². The molecule has 7 heteroatoms. The van der Waals surface area contributed by atoms with Crippen molar-refractivity contribution in [3.63, 3.8) is 0 Å². The van der Waals surface area contributed by atoms with Crippen LogP contribution < -0.4 is 15.0 Å². The number of amides is 1. The second-order valence-electron chi connectivity index (χ2n) is 7.17. The quantitative estimate of drug-likeness (QED) is 0.629. The van der Waals surface area contributed by atoms with Gasteiger partial charge in [-0.05, 0) is 42.5 Å². The number of rotatable bonds is 6. The van der Waals surface area contributed by atoms with Gasteiger partial charge in [-0.2, -0.15) is 0 Å². The summed E-state index contributed by atoms with van der Waals surface area (Å²) in [5.41, 5.74) is 1.76. The van der Waals surface area contributed by atoms with Crippen molar-refractivity contribution in [2.45, 2.75) is 6.54 Å². The number of nitrogens with one attached hydrogen (secondary N) is 1. The minimum absolute atomic E-state index is 0.245. The lowest BCUT2D eigenvalue weighted by molar-refractivity contribution is 0.0992. The summed E-state index contributed by atoms with van der Waals surface area (Å²) in [6.45, 7) is 4.14. The van der Waals surface area contributed by atoms with Crippen molar-refractivity contribution in [2.75, 3.05) is 43.5 Å². The van der Waals surface area contributed by atoms with Crippen LogP contribution in [0.3, 0.4) is 0 Å². The summed E-state index contributed by atoms with van der Waals surface area (Å²) in [4.78, 5) is 17.0. The molecule has 0 bridgehead atoms. The van der Waals surface area contributed by atoms with Crippen LogP contribution in [0.4, 0.5) is 11.4 Å². The van der Waals surface area contributed by atoms with Crippen molar-refractivity contribution >= 4 is 28.9 Å². The summed E-state index contributed by atoms with van der Waals surface area (Å²) in [6, 6.07) is 18.6. The molecule has 0 saturated carbocycles. The number of carbonyl (C=O) groups is 1. The van der Waals surface area contributed by atoms with Crippen LogP contribution in [0.1, 0.15) is 16.3 Å². The highest BCUT2D eigenvalue weighted by Gasteiger charge is 2.21. The number of furan rings is 1. The number of ether oxygens (including phenoxy) is 1. The number of piperazine rings is 1. The first-order valence-corrected chi connectivity index (χ1v) is 10.3. The summed E-state index contributed by atoms with van der Waals surface area (Å²) in [5.74, 6) is 1.68. The van der Waals surface area contributed by atoms with Crippen LogP contribution >= 0.6 is 11.6 Å². The molecule has 0 unspecified atom stereocenters. The third kappa shape index (κ3) is 4.78. The van der Waals surface area contributed by atoms with Crippen LogP contribution in [0, 0.1) is 0 Å². The van der Waals surface area contributed by atoms with E-state index in [1.807, 2.05) is 54.6 Å².